The highest BCUT2D eigenvalue weighted by Gasteiger charge is 2.25. The molecule has 5 heteroatoms. The quantitative estimate of drug-likeness (QED) is 0.600. The number of amides is 1. The third-order valence-corrected chi connectivity index (χ3v) is 2.60. The average Bonchev–Trinajstić information content (AvgIpc) is 2.50. The summed E-state index contributed by atoms with van der Waals surface area (Å²) in [6.07, 6.45) is 1.34. The highest BCUT2D eigenvalue weighted by atomic mass is 16.4. The molecular formula is C10H18N2O3. The maximum absolute atomic E-state index is 10.9. The van der Waals surface area contributed by atoms with Crippen LogP contribution in [0.4, 0.5) is 0 Å². The zero-order chi connectivity index (χ0) is 11.4. The molecule has 0 aromatic carbocycles. The lowest BCUT2D eigenvalue weighted by atomic mass is 10.0. The van der Waals surface area contributed by atoms with Crippen molar-refractivity contribution in [2.75, 3.05) is 6.54 Å². The Bertz CT molecular complexity index is 253. The first-order chi connectivity index (χ1) is 7.00. The minimum absolute atomic E-state index is 0.0413. The van der Waals surface area contributed by atoms with Crippen molar-refractivity contribution in [3.63, 3.8) is 0 Å². The summed E-state index contributed by atoms with van der Waals surface area (Å²) in [6, 6.07) is -0.458. The minimum atomic E-state index is -0.839. The van der Waals surface area contributed by atoms with Gasteiger partial charge in [0.1, 0.15) is 6.04 Å². The average molecular weight is 214 g/mol. The van der Waals surface area contributed by atoms with Crippen molar-refractivity contribution in [3.05, 3.63) is 0 Å². The van der Waals surface area contributed by atoms with Crippen LogP contribution >= 0.6 is 0 Å². The van der Waals surface area contributed by atoms with Crippen LogP contribution in [0.1, 0.15) is 26.7 Å². The Balaban J connectivity index is 2.34. The van der Waals surface area contributed by atoms with Crippen LogP contribution in [-0.2, 0) is 9.59 Å². The van der Waals surface area contributed by atoms with E-state index in [1.54, 1.807) is 0 Å². The maximum atomic E-state index is 10.9. The van der Waals surface area contributed by atoms with Gasteiger partial charge in [-0.1, -0.05) is 13.8 Å². The van der Waals surface area contributed by atoms with Crippen molar-refractivity contribution in [2.45, 2.75) is 38.8 Å². The van der Waals surface area contributed by atoms with Crippen molar-refractivity contribution in [3.8, 4) is 0 Å². The summed E-state index contributed by atoms with van der Waals surface area (Å²) in [7, 11) is 0. The largest absolute Gasteiger partial charge is 0.480 e. The third kappa shape index (κ3) is 3.51. The second-order valence-corrected chi connectivity index (χ2v) is 4.27. The number of hydrogen-bond acceptors (Lipinski definition) is 3. The van der Waals surface area contributed by atoms with E-state index in [1.807, 2.05) is 13.8 Å². The van der Waals surface area contributed by atoms with E-state index in [9.17, 15) is 9.59 Å². The van der Waals surface area contributed by atoms with Crippen molar-refractivity contribution < 1.29 is 14.7 Å². The van der Waals surface area contributed by atoms with Crippen LogP contribution in [0.25, 0.3) is 0 Å². The van der Waals surface area contributed by atoms with Crippen LogP contribution in [0.5, 0.6) is 0 Å². The van der Waals surface area contributed by atoms with Gasteiger partial charge in [0.15, 0.2) is 0 Å². The van der Waals surface area contributed by atoms with Gasteiger partial charge in [0.2, 0.25) is 5.91 Å². The summed E-state index contributed by atoms with van der Waals surface area (Å²) in [6.45, 7) is 4.25. The number of carboxylic acid groups (broad SMARTS) is 1. The zero-order valence-electron chi connectivity index (χ0n) is 9.12. The van der Waals surface area contributed by atoms with Crippen molar-refractivity contribution in [1.29, 1.82) is 0 Å². The Morgan fingerprint density at radius 2 is 2.33 bits per heavy atom. The normalized spacial score (nSPS) is 22.9. The smallest absolute Gasteiger partial charge is 0.320 e. The molecule has 1 fully saturated rings. The van der Waals surface area contributed by atoms with Gasteiger partial charge in [-0.25, -0.2) is 0 Å². The Hall–Kier alpha value is -1.10. The fraction of sp³-hybridized carbons (Fsp3) is 0.800. The Labute approximate surface area is 89.2 Å². The summed E-state index contributed by atoms with van der Waals surface area (Å²) in [5.41, 5.74) is 0. The molecule has 0 bridgehead atoms. The molecule has 1 amide bonds. The lowest BCUT2D eigenvalue weighted by Gasteiger charge is -2.20. The topological polar surface area (TPSA) is 78.4 Å². The molecule has 0 radical (unpaired) electrons. The van der Waals surface area contributed by atoms with Crippen LogP contribution in [-0.4, -0.2) is 35.6 Å². The summed E-state index contributed by atoms with van der Waals surface area (Å²) >= 11 is 0. The molecule has 15 heavy (non-hydrogen) atoms. The van der Waals surface area contributed by atoms with E-state index in [4.69, 9.17) is 5.11 Å². The first-order valence-electron chi connectivity index (χ1n) is 5.26. The Morgan fingerprint density at radius 1 is 1.67 bits per heavy atom. The van der Waals surface area contributed by atoms with Crippen molar-refractivity contribution in [2.24, 2.45) is 5.92 Å². The number of carbonyl (C=O) groups excluding carboxylic acids is 1. The molecule has 0 aromatic heterocycles. The van der Waals surface area contributed by atoms with Gasteiger partial charge in [0.25, 0.3) is 0 Å². The molecule has 1 saturated heterocycles. The van der Waals surface area contributed by atoms with E-state index >= 15 is 0 Å². The van der Waals surface area contributed by atoms with Crippen LogP contribution < -0.4 is 10.6 Å². The van der Waals surface area contributed by atoms with Gasteiger partial charge in [-0.3, -0.25) is 9.59 Å². The van der Waals surface area contributed by atoms with Gasteiger partial charge in [-0.05, 0) is 12.3 Å². The second-order valence-electron chi connectivity index (χ2n) is 4.27. The van der Waals surface area contributed by atoms with E-state index < -0.39 is 12.0 Å². The number of aliphatic carboxylic acids is 1. The highest BCUT2D eigenvalue weighted by molar-refractivity contribution is 5.78. The lowest BCUT2D eigenvalue weighted by molar-refractivity contribution is -0.140. The van der Waals surface area contributed by atoms with Gasteiger partial charge in [0.05, 0.1) is 0 Å². The van der Waals surface area contributed by atoms with Crippen LogP contribution in [0.3, 0.4) is 0 Å². The van der Waals surface area contributed by atoms with E-state index in [2.05, 4.69) is 10.6 Å². The second kappa shape index (κ2) is 5.11. The molecule has 1 heterocycles. The predicted octanol–water partition coefficient (Wildman–Crippen LogP) is -0.0362. The van der Waals surface area contributed by atoms with E-state index in [-0.39, 0.29) is 17.9 Å². The molecule has 1 rings (SSSR count). The Kier molecular flexibility index (Phi) is 4.08. The third-order valence-electron chi connectivity index (χ3n) is 2.60. The molecule has 86 valence electrons. The van der Waals surface area contributed by atoms with Gasteiger partial charge in [-0.15, -0.1) is 0 Å². The number of nitrogens with one attached hydrogen (secondary N) is 2. The van der Waals surface area contributed by atoms with Gasteiger partial charge in [0, 0.05) is 19.0 Å². The fourth-order valence-electron chi connectivity index (χ4n) is 1.71. The van der Waals surface area contributed by atoms with Gasteiger partial charge in [-0.2, -0.15) is 0 Å². The number of carboxylic acids is 1. The van der Waals surface area contributed by atoms with Crippen LogP contribution in [0, 0.1) is 5.92 Å². The molecule has 0 aromatic rings. The minimum Gasteiger partial charge on any atom is -0.480 e. The van der Waals surface area contributed by atoms with Gasteiger partial charge >= 0.3 is 5.97 Å². The zero-order valence-corrected chi connectivity index (χ0v) is 9.12. The molecule has 1 aliphatic rings. The molecule has 3 N–H and O–H groups in total. The van der Waals surface area contributed by atoms with Gasteiger partial charge < -0.3 is 15.7 Å². The van der Waals surface area contributed by atoms with Crippen molar-refractivity contribution >= 4 is 11.9 Å². The first kappa shape index (κ1) is 12.0. The van der Waals surface area contributed by atoms with Crippen molar-refractivity contribution in [1.82, 2.24) is 10.6 Å². The summed E-state index contributed by atoms with van der Waals surface area (Å²) in [5.74, 6) is -0.743. The molecular weight excluding hydrogens is 196 g/mol. The molecule has 0 saturated carbocycles. The monoisotopic (exact) mass is 214 g/mol. The Morgan fingerprint density at radius 3 is 2.73 bits per heavy atom. The predicted molar refractivity (Wildman–Crippen MR) is 55.4 cm³/mol. The maximum Gasteiger partial charge on any atom is 0.320 e. The number of rotatable bonds is 5. The molecule has 2 atom stereocenters. The summed E-state index contributed by atoms with van der Waals surface area (Å²) in [4.78, 5) is 21.8. The van der Waals surface area contributed by atoms with Crippen LogP contribution in [0.15, 0.2) is 0 Å². The standard InChI is InChI=1S/C10H18N2O3/c1-6(2)9(10(14)15)11-5-7-3-4-8(13)12-7/h6-7,9,11H,3-5H2,1-2H3,(H,12,13)(H,14,15). The molecule has 0 aliphatic carbocycles. The molecule has 2 unspecified atom stereocenters. The summed E-state index contributed by atoms with van der Waals surface area (Å²) in [5, 5.41) is 14.7. The van der Waals surface area contributed by atoms with E-state index in [0.717, 1.165) is 6.42 Å². The molecule has 5 nitrogen and oxygen atoms in total. The number of hydrogen-bond donors (Lipinski definition) is 3. The first-order valence-corrected chi connectivity index (χ1v) is 5.26. The van der Waals surface area contributed by atoms with Crippen LogP contribution in [0.2, 0.25) is 0 Å². The fourth-order valence-corrected chi connectivity index (χ4v) is 1.71. The highest BCUT2D eigenvalue weighted by Crippen LogP contribution is 2.07. The molecule has 1 aliphatic heterocycles. The summed E-state index contributed by atoms with van der Waals surface area (Å²) < 4.78 is 0. The molecule has 0 spiro atoms. The SMILES string of the molecule is CC(C)C(NCC1CCC(=O)N1)C(=O)O. The number of carbonyl (C=O) groups is 2. The van der Waals surface area contributed by atoms with E-state index in [1.165, 1.54) is 0 Å². The van der Waals surface area contributed by atoms with E-state index in [0.29, 0.717) is 13.0 Å². The lowest BCUT2D eigenvalue weighted by Crippen LogP contribution is -2.46.